The highest BCUT2D eigenvalue weighted by atomic mass is 35.5. The smallest absolute Gasteiger partial charge is 0.264 e. The molecular formula is C10H5ClF2N2O3S. The van der Waals surface area contributed by atoms with Crippen molar-refractivity contribution in [2.45, 2.75) is 9.92 Å². The number of nitrogens with one attached hydrogen (secondary N) is 1. The molecule has 0 amide bonds. The first-order valence-electron chi connectivity index (χ1n) is 4.78. The predicted molar refractivity (Wildman–Crippen MR) is 61.7 cm³/mol. The zero-order valence-corrected chi connectivity index (χ0v) is 10.6. The molecule has 2 rings (SSSR count). The Morgan fingerprint density at radius 3 is 2.42 bits per heavy atom. The molecule has 2 aromatic rings. The van der Waals surface area contributed by atoms with Crippen LogP contribution in [0.5, 0.6) is 0 Å². The maximum Gasteiger partial charge on any atom is 0.264 e. The van der Waals surface area contributed by atoms with Gasteiger partial charge in [0.05, 0.1) is 5.02 Å². The lowest BCUT2D eigenvalue weighted by Crippen LogP contribution is -2.13. The van der Waals surface area contributed by atoms with Crippen LogP contribution in [-0.2, 0) is 9.84 Å². The molecule has 0 unspecified atom stereocenters. The number of hydrogen-bond acceptors (Lipinski definition) is 4. The van der Waals surface area contributed by atoms with Gasteiger partial charge >= 0.3 is 0 Å². The summed E-state index contributed by atoms with van der Waals surface area (Å²) in [6.07, 6.45) is 0. The van der Waals surface area contributed by atoms with Crippen molar-refractivity contribution >= 4 is 21.4 Å². The number of hydrogen-bond donors (Lipinski definition) is 1. The molecule has 5 nitrogen and oxygen atoms in total. The number of halogens is 3. The van der Waals surface area contributed by atoms with Crippen LogP contribution in [0.4, 0.5) is 8.78 Å². The van der Waals surface area contributed by atoms with Crippen molar-refractivity contribution in [2.24, 2.45) is 0 Å². The molecule has 1 aromatic heterocycles. The zero-order valence-electron chi connectivity index (χ0n) is 9.02. The number of sulfone groups is 1. The summed E-state index contributed by atoms with van der Waals surface area (Å²) in [6, 6.07) is 2.87. The Morgan fingerprint density at radius 2 is 1.89 bits per heavy atom. The molecular weight excluding hydrogens is 302 g/mol. The van der Waals surface area contributed by atoms with Gasteiger partial charge in [-0.3, -0.25) is 4.79 Å². The minimum Gasteiger partial charge on any atom is -0.268 e. The lowest BCUT2D eigenvalue weighted by molar-refractivity contribution is 0.547. The highest BCUT2D eigenvalue weighted by Gasteiger charge is 2.27. The quantitative estimate of drug-likeness (QED) is 0.853. The summed E-state index contributed by atoms with van der Waals surface area (Å²) in [5, 5.41) is 3.98. The van der Waals surface area contributed by atoms with E-state index in [4.69, 9.17) is 11.6 Å². The summed E-state index contributed by atoms with van der Waals surface area (Å²) < 4.78 is 50.6. The maximum atomic E-state index is 13.6. The lowest BCUT2D eigenvalue weighted by Gasteiger charge is -2.06. The van der Waals surface area contributed by atoms with Gasteiger partial charge in [-0.2, -0.15) is 5.10 Å². The van der Waals surface area contributed by atoms with Gasteiger partial charge in [0.1, 0.15) is 16.5 Å². The van der Waals surface area contributed by atoms with Gasteiger partial charge in [0.25, 0.3) is 5.56 Å². The minimum absolute atomic E-state index is 0.393. The van der Waals surface area contributed by atoms with Crippen molar-refractivity contribution in [1.29, 1.82) is 0 Å². The normalized spacial score (nSPS) is 11.5. The van der Waals surface area contributed by atoms with Crippen LogP contribution in [0, 0.1) is 11.6 Å². The first kappa shape index (κ1) is 13.6. The van der Waals surface area contributed by atoms with Gasteiger partial charge in [-0.1, -0.05) is 11.6 Å². The molecule has 1 heterocycles. The number of H-pyrrole nitrogens is 1. The molecule has 100 valence electrons. The third-order valence-electron chi connectivity index (χ3n) is 2.16. The average Bonchev–Trinajstić information content (AvgIpc) is 2.27. The Kier molecular flexibility index (Phi) is 3.38. The first-order valence-corrected chi connectivity index (χ1v) is 6.64. The van der Waals surface area contributed by atoms with Crippen LogP contribution in [0.1, 0.15) is 0 Å². The highest BCUT2D eigenvalue weighted by molar-refractivity contribution is 7.91. The van der Waals surface area contributed by atoms with Gasteiger partial charge in [0.2, 0.25) is 9.84 Å². The third kappa shape index (κ3) is 2.49. The van der Waals surface area contributed by atoms with Crippen LogP contribution in [0.3, 0.4) is 0 Å². The second-order valence-electron chi connectivity index (χ2n) is 3.46. The van der Waals surface area contributed by atoms with Crippen LogP contribution in [-0.4, -0.2) is 18.6 Å². The summed E-state index contributed by atoms with van der Waals surface area (Å²) in [6.45, 7) is 0. The molecule has 0 atom stereocenters. The summed E-state index contributed by atoms with van der Waals surface area (Å²) in [4.78, 5) is 9.91. The summed E-state index contributed by atoms with van der Waals surface area (Å²) in [7, 11) is -4.39. The van der Waals surface area contributed by atoms with Crippen LogP contribution in [0.15, 0.2) is 39.0 Å². The van der Waals surface area contributed by atoms with Gasteiger partial charge in [-0.05, 0) is 12.1 Å². The zero-order chi connectivity index (χ0) is 14.2. The molecule has 0 aliphatic heterocycles. The van der Waals surface area contributed by atoms with E-state index in [-0.39, 0.29) is 0 Å². The van der Waals surface area contributed by atoms with Crippen LogP contribution in [0.2, 0.25) is 5.02 Å². The van der Waals surface area contributed by atoms with Gasteiger partial charge in [0.15, 0.2) is 5.03 Å². The third-order valence-corrected chi connectivity index (χ3v) is 4.30. The van der Waals surface area contributed by atoms with Crippen LogP contribution >= 0.6 is 11.6 Å². The van der Waals surface area contributed by atoms with E-state index in [1.807, 2.05) is 5.10 Å². The average molecular weight is 307 g/mol. The monoisotopic (exact) mass is 306 g/mol. The summed E-state index contributed by atoms with van der Waals surface area (Å²) >= 11 is 5.54. The van der Waals surface area contributed by atoms with E-state index in [1.165, 1.54) is 0 Å². The minimum atomic E-state index is -4.39. The number of aromatic amines is 1. The van der Waals surface area contributed by atoms with E-state index in [0.29, 0.717) is 12.1 Å². The fraction of sp³-hybridized carbons (Fsp3) is 0. The number of nitrogens with zero attached hydrogens (tertiary/aromatic N) is 1. The van der Waals surface area contributed by atoms with E-state index in [0.717, 1.165) is 12.1 Å². The van der Waals surface area contributed by atoms with Gasteiger partial charge in [0, 0.05) is 12.1 Å². The number of aromatic nitrogens is 2. The summed E-state index contributed by atoms with van der Waals surface area (Å²) in [5.74, 6) is -2.34. The Morgan fingerprint density at radius 1 is 1.21 bits per heavy atom. The molecule has 0 saturated heterocycles. The van der Waals surface area contributed by atoms with Crippen molar-refractivity contribution in [2.75, 3.05) is 0 Å². The molecule has 0 saturated carbocycles. The van der Waals surface area contributed by atoms with Crippen molar-refractivity contribution < 1.29 is 17.2 Å². The molecule has 0 aliphatic carbocycles. The first-order chi connectivity index (χ1) is 8.82. The van der Waals surface area contributed by atoms with Crippen molar-refractivity contribution in [1.82, 2.24) is 10.2 Å². The Hall–Kier alpha value is -1.80. The van der Waals surface area contributed by atoms with Crippen molar-refractivity contribution in [3.8, 4) is 0 Å². The molecule has 1 N–H and O–H groups in total. The lowest BCUT2D eigenvalue weighted by atomic mass is 10.3. The van der Waals surface area contributed by atoms with E-state index < -0.39 is 42.0 Å². The summed E-state index contributed by atoms with van der Waals surface area (Å²) in [5.41, 5.74) is -0.621. The Bertz CT molecular complexity index is 761. The molecule has 19 heavy (non-hydrogen) atoms. The Labute approximate surface area is 110 Å². The Balaban J connectivity index is 2.70. The predicted octanol–water partition coefficient (Wildman–Crippen LogP) is 1.53. The largest absolute Gasteiger partial charge is 0.268 e. The molecule has 0 bridgehead atoms. The molecule has 0 fully saturated rings. The topological polar surface area (TPSA) is 79.9 Å². The van der Waals surface area contributed by atoms with Crippen LogP contribution in [0.25, 0.3) is 0 Å². The fourth-order valence-corrected chi connectivity index (χ4v) is 3.12. The number of rotatable bonds is 2. The van der Waals surface area contributed by atoms with E-state index in [1.54, 1.807) is 0 Å². The van der Waals surface area contributed by atoms with E-state index in [2.05, 4.69) is 5.10 Å². The highest BCUT2D eigenvalue weighted by Crippen LogP contribution is 2.29. The second kappa shape index (κ2) is 4.71. The molecule has 0 aliphatic rings. The molecule has 0 radical (unpaired) electrons. The van der Waals surface area contributed by atoms with Crippen molar-refractivity contribution in [3.05, 3.63) is 51.3 Å². The second-order valence-corrected chi connectivity index (χ2v) is 5.70. The van der Waals surface area contributed by atoms with Crippen molar-refractivity contribution in [3.63, 3.8) is 0 Å². The maximum absolute atomic E-state index is 13.6. The van der Waals surface area contributed by atoms with Crippen LogP contribution < -0.4 is 5.56 Å². The van der Waals surface area contributed by atoms with Gasteiger partial charge < -0.3 is 0 Å². The standard InChI is InChI=1S/C10H5ClF2N2O3S/c11-6-3-5(12)4-7(13)10(6)19(17,18)9-2-1-8(16)14-15-9/h1-4H,(H,14,16). The van der Waals surface area contributed by atoms with Gasteiger partial charge in [-0.15, -0.1) is 0 Å². The fourth-order valence-electron chi connectivity index (χ4n) is 1.37. The molecule has 9 heteroatoms. The van der Waals surface area contributed by atoms with E-state index >= 15 is 0 Å². The molecule has 0 spiro atoms. The number of benzene rings is 1. The molecule has 1 aromatic carbocycles. The van der Waals surface area contributed by atoms with Gasteiger partial charge in [-0.25, -0.2) is 22.3 Å². The SMILES string of the molecule is O=c1ccc(S(=O)(=O)c2c(F)cc(F)cc2Cl)n[nH]1. The van der Waals surface area contributed by atoms with E-state index in [9.17, 15) is 22.0 Å².